The zero-order valence-corrected chi connectivity index (χ0v) is 16.2. The molecule has 2 fully saturated rings. The maximum absolute atomic E-state index is 12.6. The summed E-state index contributed by atoms with van der Waals surface area (Å²) in [6.45, 7) is 2.18. The van der Waals surface area contributed by atoms with Crippen LogP contribution in [0.5, 0.6) is 0 Å². The molecule has 1 aliphatic carbocycles. The molecule has 1 aliphatic heterocycles. The maximum Gasteiger partial charge on any atom is 0.273 e. The molecule has 1 aromatic heterocycles. The van der Waals surface area contributed by atoms with Crippen molar-refractivity contribution >= 4 is 11.8 Å². The summed E-state index contributed by atoms with van der Waals surface area (Å²) in [4.78, 5) is 26.2. The second-order valence-corrected chi connectivity index (χ2v) is 7.93. The quantitative estimate of drug-likeness (QED) is 0.833. The molecule has 2 heterocycles. The molecule has 7 heteroatoms. The van der Waals surface area contributed by atoms with E-state index in [0.717, 1.165) is 37.8 Å². The van der Waals surface area contributed by atoms with Crippen molar-refractivity contribution in [2.75, 3.05) is 0 Å². The SMILES string of the molecule is CCCC1CC(=O)NC2CC(NC(=O)c3cnn(-c4ccccc4)n3)CCC12. The predicted molar refractivity (Wildman–Crippen MR) is 105 cm³/mol. The number of piperidine rings is 1. The maximum atomic E-state index is 12.6. The van der Waals surface area contributed by atoms with E-state index in [1.807, 2.05) is 30.3 Å². The van der Waals surface area contributed by atoms with E-state index >= 15 is 0 Å². The predicted octanol–water partition coefficient (Wildman–Crippen LogP) is 2.47. The van der Waals surface area contributed by atoms with Crippen molar-refractivity contribution in [3.63, 3.8) is 0 Å². The first-order chi connectivity index (χ1) is 13.6. The normalized spacial score (nSPS) is 27.0. The lowest BCUT2D eigenvalue weighted by Crippen LogP contribution is -2.55. The summed E-state index contributed by atoms with van der Waals surface area (Å²) in [6.07, 6.45) is 7.12. The lowest BCUT2D eigenvalue weighted by molar-refractivity contribution is -0.127. The molecule has 4 rings (SSSR count). The minimum absolute atomic E-state index is 0.0521. The van der Waals surface area contributed by atoms with E-state index in [1.165, 1.54) is 11.0 Å². The monoisotopic (exact) mass is 381 g/mol. The number of carbonyl (C=O) groups excluding carboxylic acids is 2. The van der Waals surface area contributed by atoms with Crippen LogP contribution in [0, 0.1) is 11.8 Å². The largest absolute Gasteiger partial charge is 0.353 e. The van der Waals surface area contributed by atoms with E-state index in [1.54, 1.807) is 0 Å². The van der Waals surface area contributed by atoms with Crippen molar-refractivity contribution in [3.8, 4) is 5.69 Å². The third-order valence-electron chi connectivity index (χ3n) is 6.01. The fourth-order valence-corrected chi connectivity index (χ4v) is 4.71. The summed E-state index contributed by atoms with van der Waals surface area (Å²) in [5, 5.41) is 14.7. The summed E-state index contributed by atoms with van der Waals surface area (Å²) < 4.78 is 0. The number of hydrogen-bond donors (Lipinski definition) is 2. The van der Waals surface area contributed by atoms with Crippen LogP contribution in [-0.4, -0.2) is 38.9 Å². The van der Waals surface area contributed by atoms with E-state index in [4.69, 9.17) is 0 Å². The summed E-state index contributed by atoms with van der Waals surface area (Å²) in [7, 11) is 0. The Labute approximate surface area is 164 Å². The minimum Gasteiger partial charge on any atom is -0.353 e. The van der Waals surface area contributed by atoms with Gasteiger partial charge in [-0.1, -0.05) is 31.5 Å². The molecule has 2 N–H and O–H groups in total. The highest BCUT2D eigenvalue weighted by molar-refractivity contribution is 5.92. The zero-order chi connectivity index (χ0) is 19.5. The third kappa shape index (κ3) is 3.93. The molecule has 4 unspecified atom stereocenters. The van der Waals surface area contributed by atoms with Crippen LogP contribution < -0.4 is 10.6 Å². The van der Waals surface area contributed by atoms with Gasteiger partial charge in [-0.05, 0) is 49.7 Å². The molecule has 148 valence electrons. The molecular weight excluding hydrogens is 354 g/mol. The van der Waals surface area contributed by atoms with Gasteiger partial charge in [0, 0.05) is 18.5 Å². The van der Waals surface area contributed by atoms with Crippen molar-refractivity contribution in [2.24, 2.45) is 11.8 Å². The molecule has 2 aliphatic rings. The fourth-order valence-electron chi connectivity index (χ4n) is 4.71. The Morgan fingerprint density at radius 2 is 2.11 bits per heavy atom. The van der Waals surface area contributed by atoms with Crippen LogP contribution in [-0.2, 0) is 4.79 Å². The van der Waals surface area contributed by atoms with Crippen LogP contribution >= 0.6 is 0 Å². The Morgan fingerprint density at radius 1 is 1.29 bits per heavy atom. The van der Waals surface area contributed by atoms with Gasteiger partial charge in [0.05, 0.1) is 11.9 Å². The van der Waals surface area contributed by atoms with E-state index in [2.05, 4.69) is 27.8 Å². The molecule has 28 heavy (non-hydrogen) atoms. The van der Waals surface area contributed by atoms with Crippen LogP contribution in [0.2, 0.25) is 0 Å². The number of para-hydroxylation sites is 1. The average Bonchev–Trinajstić information content (AvgIpc) is 3.19. The molecule has 1 saturated heterocycles. The fraction of sp³-hybridized carbons (Fsp3) is 0.524. The standard InChI is InChI=1S/C21H27N5O2/c1-2-6-14-11-20(27)24-18-12-15(9-10-17(14)18)23-21(28)19-13-22-26(25-19)16-7-4-3-5-8-16/h3-5,7-8,13-15,17-18H,2,6,9-12H2,1H3,(H,23,28)(H,24,27). The van der Waals surface area contributed by atoms with Gasteiger partial charge < -0.3 is 10.6 Å². The van der Waals surface area contributed by atoms with E-state index in [0.29, 0.717) is 24.0 Å². The van der Waals surface area contributed by atoms with Gasteiger partial charge in [-0.2, -0.15) is 9.90 Å². The minimum atomic E-state index is -0.210. The van der Waals surface area contributed by atoms with Crippen molar-refractivity contribution in [1.82, 2.24) is 25.6 Å². The Kier molecular flexibility index (Phi) is 5.41. The van der Waals surface area contributed by atoms with Gasteiger partial charge in [0.25, 0.3) is 5.91 Å². The summed E-state index contributed by atoms with van der Waals surface area (Å²) in [5.74, 6) is 0.950. The number of carbonyl (C=O) groups is 2. The smallest absolute Gasteiger partial charge is 0.273 e. The molecule has 2 amide bonds. The van der Waals surface area contributed by atoms with Crippen LogP contribution in [0.25, 0.3) is 5.69 Å². The van der Waals surface area contributed by atoms with Gasteiger partial charge in [-0.25, -0.2) is 0 Å². The summed E-state index contributed by atoms with van der Waals surface area (Å²) >= 11 is 0. The number of rotatable bonds is 5. The molecular formula is C21H27N5O2. The van der Waals surface area contributed by atoms with Gasteiger partial charge in [0.1, 0.15) is 0 Å². The first-order valence-corrected chi connectivity index (χ1v) is 10.2. The van der Waals surface area contributed by atoms with Crippen LogP contribution in [0.3, 0.4) is 0 Å². The van der Waals surface area contributed by atoms with Crippen molar-refractivity contribution < 1.29 is 9.59 Å². The number of nitrogens with one attached hydrogen (secondary N) is 2. The highest BCUT2D eigenvalue weighted by Gasteiger charge is 2.40. The first kappa shape index (κ1) is 18.7. The van der Waals surface area contributed by atoms with E-state index < -0.39 is 0 Å². The van der Waals surface area contributed by atoms with Gasteiger partial charge in [-0.3, -0.25) is 9.59 Å². The van der Waals surface area contributed by atoms with Gasteiger partial charge in [0.2, 0.25) is 5.91 Å². The van der Waals surface area contributed by atoms with Crippen molar-refractivity contribution in [3.05, 3.63) is 42.2 Å². The lowest BCUT2D eigenvalue weighted by Gasteiger charge is -2.44. The molecule has 1 aromatic carbocycles. The zero-order valence-electron chi connectivity index (χ0n) is 16.2. The second kappa shape index (κ2) is 8.12. The Morgan fingerprint density at radius 3 is 2.89 bits per heavy atom. The first-order valence-electron chi connectivity index (χ1n) is 10.2. The van der Waals surface area contributed by atoms with Gasteiger partial charge in [0.15, 0.2) is 5.69 Å². The Balaban J connectivity index is 1.38. The number of hydrogen-bond acceptors (Lipinski definition) is 4. The topological polar surface area (TPSA) is 88.9 Å². The second-order valence-electron chi connectivity index (χ2n) is 7.93. The van der Waals surface area contributed by atoms with Crippen molar-refractivity contribution in [1.29, 1.82) is 0 Å². The van der Waals surface area contributed by atoms with Crippen LogP contribution in [0.1, 0.15) is 55.9 Å². The van der Waals surface area contributed by atoms with E-state index in [9.17, 15) is 9.59 Å². The molecule has 4 atom stereocenters. The molecule has 2 aromatic rings. The summed E-state index contributed by atoms with van der Waals surface area (Å²) in [6, 6.07) is 9.73. The summed E-state index contributed by atoms with van der Waals surface area (Å²) in [5.41, 5.74) is 1.12. The number of aromatic nitrogens is 3. The molecule has 0 spiro atoms. The van der Waals surface area contributed by atoms with Gasteiger partial charge in [-0.15, -0.1) is 5.10 Å². The van der Waals surface area contributed by atoms with Gasteiger partial charge >= 0.3 is 0 Å². The molecule has 0 bridgehead atoms. The Hall–Kier alpha value is -2.70. The number of amides is 2. The van der Waals surface area contributed by atoms with Crippen LogP contribution in [0.15, 0.2) is 36.5 Å². The number of nitrogens with zero attached hydrogens (tertiary/aromatic N) is 3. The molecule has 7 nitrogen and oxygen atoms in total. The average molecular weight is 381 g/mol. The molecule has 1 saturated carbocycles. The third-order valence-corrected chi connectivity index (χ3v) is 6.01. The Bertz CT molecular complexity index is 834. The highest BCUT2D eigenvalue weighted by Crippen LogP contribution is 2.37. The van der Waals surface area contributed by atoms with Crippen molar-refractivity contribution in [2.45, 2.75) is 57.5 Å². The molecule has 0 radical (unpaired) electrons. The number of fused-ring (bicyclic) bond motifs is 1. The highest BCUT2D eigenvalue weighted by atomic mass is 16.2. The van der Waals surface area contributed by atoms with E-state index in [-0.39, 0.29) is 23.9 Å². The number of benzene rings is 1. The van der Waals surface area contributed by atoms with Crippen LogP contribution in [0.4, 0.5) is 0 Å². The lowest BCUT2D eigenvalue weighted by atomic mass is 9.70.